The lowest BCUT2D eigenvalue weighted by molar-refractivity contribution is -0.271. The van der Waals surface area contributed by atoms with Gasteiger partial charge in [-0.25, -0.2) is 4.98 Å². The summed E-state index contributed by atoms with van der Waals surface area (Å²) in [5.74, 6) is -1.52. The molecule has 0 aliphatic carbocycles. The van der Waals surface area contributed by atoms with Gasteiger partial charge in [0, 0.05) is 38.1 Å². The van der Waals surface area contributed by atoms with Gasteiger partial charge in [0.1, 0.15) is 0 Å². The lowest BCUT2D eigenvalue weighted by Gasteiger charge is -2.29. The second-order valence-corrected chi connectivity index (χ2v) is 6.42. The van der Waals surface area contributed by atoms with Gasteiger partial charge in [-0.1, -0.05) is 0 Å². The molecule has 0 bridgehead atoms. The van der Waals surface area contributed by atoms with Crippen molar-refractivity contribution in [3.8, 4) is 0 Å². The van der Waals surface area contributed by atoms with E-state index in [9.17, 15) is 23.1 Å². The molecule has 0 radical (unpaired) electrons. The molecule has 23 heavy (non-hydrogen) atoms. The SMILES string of the molecule is Cn1ccnc1C(O)(CC(=O)NCCNC(C)(C)C)C(F)(F)F. The van der Waals surface area contributed by atoms with Crippen molar-refractivity contribution in [3.05, 3.63) is 18.2 Å². The number of imidazole rings is 1. The van der Waals surface area contributed by atoms with Gasteiger partial charge in [0.15, 0.2) is 5.82 Å². The predicted octanol–water partition coefficient (Wildman–Crippen LogP) is 1.06. The Labute approximate surface area is 133 Å². The number of aliphatic hydroxyl groups is 1. The topological polar surface area (TPSA) is 79.2 Å². The van der Waals surface area contributed by atoms with Gasteiger partial charge < -0.3 is 20.3 Å². The fourth-order valence-electron chi connectivity index (χ4n) is 2.00. The summed E-state index contributed by atoms with van der Waals surface area (Å²) in [5, 5.41) is 15.5. The lowest BCUT2D eigenvalue weighted by Crippen LogP contribution is -2.48. The van der Waals surface area contributed by atoms with E-state index in [1.54, 1.807) is 0 Å². The number of nitrogens with one attached hydrogen (secondary N) is 2. The minimum atomic E-state index is -5.02. The van der Waals surface area contributed by atoms with Gasteiger partial charge in [-0.15, -0.1) is 0 Å². The Bertz CT molecular complexity index is 537. The number of nitrogens with zero attached hydrogens (tertiary/aromatic N) is 2. The Kier molecular flexibility index (Phi) is 5.81. The zero-order valence-electron chi connectivity index (χ0n) is 13.7. The highest BCUT2D eigenvalue weighted by Crippen LogP contribution is 2.40. The summed E-state index contributed by atoms with van der Waals surface area (Å²) < 4.78 is 40.8. The van der Waals surface area contributed by atoms with E-state index < -0.39 is 29.9 Å². The van der Waals surface area contributed by atoms with E-state index in [0.717, 1.165) is 10.8 Å². The minimum Gasteiger partial charge on any atom is -0.374 e. The molecule has 1 atom stereocenters. The van der Waals surface area contributed by atoms with Crippen LogP contribution in [-0.4, -0.2) is 45.4 Å². The first-order chi connectivity index (χ1) is 10.4. The molecule has 1 heterocycles. The van der Waals surface area contributed by atoms with Crippen molar-refractivity contribution in [1.29, 1.82) is 0 Å². The van der Waals surface area contributed by atoms with Crippen LogP contribution < -0.4 is 10.6 Å². The second kappa shape index (κ2) is 6.88. The Morgan fingerprint density at radius 3 is 2.35 bits per heavy atom. The van der Waals surface area contributed by atoms with Crippen molar-refractivity contribution in [3.63, 3.8) is 0 Å². The van der Waals surface area contributed by atoms with Gasteiger partial charge in [0.05, 0.1) is 6.42 Å². The first kappa shape index (κ1) is 19.4. The Balaban J connectivity index is 2.73. The molecule has 0 saturated carbocycles. The zero-order chi connectivity index (χ0) is 17.9. The Morgan fingerprint density at radius 1 is 1.30 bits per heavy atom. The number of alkyl halides is 3. The highest BCUT2D eigenvalue weighted by atomic mass is 19.4. The average molecular weight is 336 g/mol. The number of hydrogen-bond acceptors (Lipinski definition) is 4. The van der Waals surface area contributed by atoms with Crippen LogP contribution >= 0.6 is 0 Å². The molecule has 0 aromatic carbocycles. The summed E-state index contributed by atoms with van der Waals surface area (Å²) in [4.78, 5) is 15.3. The molecule has 1 aromatic heterocycles. The third-order valence-corrected chi connectivity index (χ3v) is 3.18. The van der Waals surface area contributed by atoms with E-state index in [4.69, 9.17) is 0 Å². The summed E-state index contributed by atoms with van der Waals surface area (Å²) in [5.41, 5.74) is -3.49. The van der Waals surface area contributed by atoms with Crippen LogP contribution in [0.2, 0.25) is 0 Å². The lowest BCUT2D eigenvalue weighted by atomic mass is 9.97. The van der Waals surface area contributed by atoms with E-state index in [2.05, 4.69) is 15.6 Å². The molecule has 1 unspecified atom stereocenters. The quantitative estimate of drug-likeness (QED) is 0.679. The molecule has 0 aliphatic rings. The smallest absolute Gasteiger partial charge is 0.374 e. The van der Waals surface area contributed by atoms with Crippen LogP contribution in [0.25, 0.3) is 0 Å². The third kappa shape index (κ3) is 5.21. The van der Waals surface area contributed by atoms with Crippen LogP contribution in [0, 0.1) is 0 Å². The fraction of sp³-hybridized carbons (Fsp3) is 0.714. The number of hydrogen-bond donors (Lipinski definition) is 3. The molecule has 6 nitrogen and oxygen atoms in total. The first-order valence-electron chi connectivity index (χ1n) is 7.15. The average Bonchev–Trinajstić information content (AvgIpc) is 2.79. The maximum absolute atomic E-state index is 13.3. The van der Waals surface area contributed by atoms with Crippen LogP contribution in [-0.2, 0) is 17.4 Å². The second-order valence-electron chi connectivity index (χ2n) is 6.42. The number of amides is 1. The van der Waals surface area contributed by atoms with Crippen LogP contribution in [0.5, 0.6) is 0 Å². The van der Waals surface area contributed by atoms with Crippen LogP contribution in [0.3, 0.4) is 0 Å². The van der Waals surface area contributed by atoms with E-state index >= 15 is 0 Å². The molecule has 132 valence electrons. The molecule has 9 heteroatoms. The third-order valence-electron chi connectivity index (χ3n) is 3.18. The largest absolute Gasteiger partial charge is 0.425 e. The van der Waals surface area contributed by atoms with Crippen LogP contribution in [0.1, 0.15) is 33.0 Å². The molecule has 3 N–H and O–H groups in total. The van der Waals surface area contributed by atoms with Gasteiger partial charge in [0.25, 0.3) is 0 Å². The number of halogens is 3. The van der Waals surface area contributed by atoms with E-state index in [-0.39, 0.29) is 12.1 Å². The van der Waals surface area contributed by atoms with Crippen molar-refractivity contribution < 1.29 is 23.1 Å². The van der Waals surface area contributed by atoms with Crippen molar-refractivity contribution in [2.45, 2.75) is 44.5 Å². The van der Waals surface area contributed by atoms with Gasteiger partial charge in [0.2, 0.25) is 11.5 Å². The Morgan fingerprint density at radius 2 is 1.91 bits per heavy atom. The molecule has 0 saturated heterocycles. The summed E-state index contributed by atoms with van der Waals surface area (Å²) in [6, 6.07) is 0. The van der Waals surface area contributed by atoms with Crippen molar-refractivity contribution in [2.75, 3.05) is 13.1 Å². The number of carbonyl (C=O) groups excluding carboxylic acids is 1. The van der Waals surface area contributed by atoms with E-state index in [1.165, 1.54) is 13.2 Å². The maximum Gasteiger partial charge on any atom is 0.425 e. The Hall–Kier alpha value is -1.61. The monoisotopic (exact) mass is 336 g/mol. The normalized spacial score (nSPS) is 15.3. The molecule has 0 aliphatic heterocycles. The molecule has 1 aromatic rings. The van der Waals surface area contributed by atoms with Crippen LogP contribution in [0.4, 0.5) is 13.2 Å². The number of carbonyl (C=O) groups is 1. The maximum atomic E-state index is 13.3. The van der Waals surface area contributed by atoms with Crippen LogP contribution in [0.15, 0.2) is 12.4 Å². The standard InChI is InChI=1S/C14H23F3N4O2/c1-12(2,3)20-6-5-18-10(22)9-13(23,14(15,16)17)11-19-7-8-21(11)4/h7-8,20,23H,5-6,9H2,1-4H3,(H,18,22). The summed E-state index contributed by atoms with van der Waals surface area (Å²) in [7, 11) is 1.32. The molecule has 0 spiro atoms. The summed E-state index contributed by atoms with van der Waals surface area (Å²) in [6.07, 6.45) is -3.75. The predicted molar refractivity (Wildman–Crippen MR) is 78.5 cm³/mol. The summed E-state index contributed by atoms with van der Waals surface area (Å²) >= 11 is 0. The summed E-state index contributed by atoms with van der Waals surface area (Å²) in [6.45, 7) is 6.35. The van der Waals surface area contributed by atoms with Gasteiger partial charge in [-0.05, 0) is 20.8 Å². The van der Waals surface area contributed by atoms with E-state index in [1.807, 2.05) is 20.8 Å². The highest BCUT2D eigenvalue weighted by Gasteiger charge is 2.58. The van der Waals surface area contributed by atoms with Gasteiger partial charge >= 0.3 is 6.18 Å². The minimum absolute atomic E-state index is 0.157. The molecular formula is C14H23F3N4O2. The van der Waals surface area contributed by atoms with Crippen molar-refractivity contribution >= 4 is 5.91 Å². The number of aromatic nitrogens is 2. The molecular weight excluding hydrogens is 313 g/mol. The molecule has 1 amide bonds. The number of rotatable bonds is 6. The fourth-order valence-corrected chi connectivity index (χ4v) is 2.00. The zero-order valence-corrected chi connectivity index (χ0v) is 13.7. The van der Waals surface area contributed by atoms with Gasteiger partial charge in [-0.3, -0.25) is 4.79 Å². The molecule has 1 rings (SSSR count). The first-order valence-corrected chi connectivity index (χ1v) is 7.15. The molecule has 0 fully saturated rings. The van der Waals surface area contributed by atoms with E-state index in [0.29, 0.717) is 6.54 Å². The van der Waals surface area contributed by atoms with Crippen molar-refractivity contribution in [2.24, 2.45) is 7.05 Å². The highest BCUT2D eigenvalue weighted by molar-refractivity contribution is 5.77. The van der Waals surface area contributed by atoms with Gasteiger partial charge in [-0.2, -0.15) is 13.2 Å². The van der Waals surface area contributed by atoms with Crippen molar-refractivity contribution in [1.82, 2.24) is 20.2 Å². The number of aryl methyl sites for hydroxylation is 1.